The molecule has 0 radical (unpaired) electrons. The molecule has 17 heavy (non-hydrogen) atoms. The molecule has 0 aliphatic rings. The Bertz CT molecular complexity index is 558. The molecule has 0 aliphatic carbocycles. The molecule has 5 heteroatoms. The third-order valence-electron chi connectivity index (χ3n) is 2.14. The SMILES string of the molecule is O=C(Nc1ncccc1Br)c1ccccc1O. The number of benzene rings is 1. The predicted molar refractivity (Wildman–Crippen MR) is 68.0 cm³/mol. The van der Waals surface area contributed by atoms with Gasteiger partial charge in [0.2, 0.25) is 0 Å². The van der Waals surface area contributed by atoms with Gasteiger partial charge in [0.05, 0.1) is 10.0 Å². The van der Waals surface area contributed by atoms with Gasteiger partial charge in [-0.15, -0.1) is 0 Å². The molecule has 1 aromatic carbocycles. The summed E-state index contributed by atoms with van der Waals surface area (Å²) in [5.74, 6) is -0.0414. The van der Waals surface area contributed by atoms with Crippen molar-refractivity contribution in [2.75, 3.05) is 5.32 Å². The summed E-state index contributed by atoms with van der Waals surface area (Å²) < 4.78 is 0.684. The predicted octanol–water partition coefficient (Wildman–Crippen LogP) is 2.80. The first-order valence-corrected chi connectivity index (χ1v) is 5.67. The number of halogens is 1. The molecule has 2 N–H and O–H groups in total. The number of para-hydroxylation sites is 1. The highest BCUT2D eigenvalue weighted by molar-refractivity contribution is 9.10. The third kappa shape index (κ3) is 2.62. The third-order valence-corrected chi connectivity index (χ3v) is 2.78. The molecule has 0 saturated carbocycles. The second kappa shape index (κ2) is 4.97. The van der Waals surface area contributed by atoms with Gasteiger partial charge in [-0.3, -0.25) is 4.79 Å². The number of pyridine rings is 1. The number of nitrogens with one attached hydrogen (secondary N) is 1. The van der Waals surface area contributed by atoms with Crippen LogP contribution in [-0.2, 0) is 0 Å². The number of carbonyl (C=O) groups is 1. The first-order chi connectivity index (χ1) is 8.18. The zero-order chi connectivity index (χ0) is 12.3. The van der Waals surface area contributed by atoms with Crippen molar-refractivity contribution >= 4 is 27.7 Å². The summed E-state index contributed by atoms with van der Waals surface area (Å²) in [5.41, 5.74) is 0.213. The zero-order valence-electron chi connectivity index (χ0n) is 8.72. The van der Waals surface area contributed by atoms with Crippen LogP contribution in [0.2, 0.25) is 0 Å². The largest absolute Gasteiger partial charge is 0.507 e. The van der Waals surface area contributed by atoms with Crippen molar-refractivity contribution < 1.29 is 9.90 Å². The molecule has 1 aromatic heterocycles. The summed E-state index contributed by atoms with van der Waals surface area (Å²) in [6, 6.07) is 9.86. The molecule has 0 saturated heterocycles. The minimum Gasteiger partial charge on any atom is -0.507 e. The van der Waals surface area contributed by atoms with Gasteiger partial charge in [-0.05, 0) is 40.2 Å². The first kappa shape index (κ1) is 11.6. The van der Waals surface area contributed by atoms with Gasteiger partial charge in [-0.25, -0.2) is 4.98 Å². The lowest BCUT2D eigenvalue weighted by atomic mass is 10.2. The van der Waals surface area contributed by atoms with Crippen LogP contribution in [0.15, 0.2) is 47.1 Å². The Labute approximate surface area is 106 Å². The second-order valence-electron chi connectivity index (χ2n) is 3.31. The number of anilines is 1. The number of nitrogens with zero attached hydrogens (tertiary/aromatic N) is 1. The molecule has 0 aliphatic heterocycles. The highest BCUT2D eigenvalue weighted by atomic mass is 79.9. The maximum absolute atomic E-state index is 11.9. The standard InChI is InChI=1S/C12H9BrN2O2/c13-9-5-3-7-14-11(9)15-12(17)8-4-1-2-6-10(8)16/h1-7,16H,(H,14,15,17). The van der Waals surface area contributed by atoms with Gasteiger partial charge in [0.1, 0.15) is 11.6 Å². The average molecular weight is 293 g/mol. The summed E-state index contributed by atoms with van der Waals surface area (Å²) in [6.45, 7) is 0. The van der Waals surface area contributed by atoms with E-state index in [1.165, 1.54) is 6.07 Å². The van der Waals surface area contributed by atoms with E-state index in [0.29, 0.717) is 10.3 Å². The van der Waals surface area contributed by atoms with Crippen LogP contribution in [0.5, 0.6) is 5.75 Å². The van der Waals surface area contributed by atoms with Gasteiger partial charge < -0.3 is 10.4 Å². The normalized spacial score (nSPS) is 9.94. The fourth-order valence-electron chi connectivity index (χ4n) is 1.32. The Kier molecular flexibility index (Phi) is 3.39. The number of aromatic nitrogens is 1. The minimum absolute atomic E-state index is 0.0583. The molecule has 0 bridgehead atoms. The summed E-state index contributed by atoms with van der Waals surface area (Å²) in [4.78, 5) is 15.9. The molecule has 4 nitrogen and oxygen atoms in total. The first-order valence-electron chi connectivity index (χ1n) is 4.88. The summed E-state index contributed by atoms with van der Waals surface area (Å²) in [6.07, 6.45) is 1.57. The Balaban J connectivity index is 2.24. The van der Waals surface area contributed by atoms with Gasteiger partial charge >= 0.3 is 0 Å². The van der Waals surface area contributed by atoms with Crippen LogP contribution in [0, 0.1) is 0 Å². The van der Waals surface area contributed by atoms with Crippen LogP contribution >= 0.6 is 15.9 Å². The monoisotopic (exact) mass is 292 g/mol. The number of amides is 1. The average Bonchev–Trinajstić information content (AvgIpc) is 2.32. The molecular formula is C12H9BrN2O2. The molecule has 0 unspecified atom stereocenters. The number of rotatable bonds is 2. The zero-order valence-corrected chi connectivity index (χ0v) is 10.3. The number of aromatic hydroxyl groups is 1. The van der Waals surface area contributed by atoms with E-state index in [-0.39, 0.29) is 11.3 Å². The smallest absolute Gasteiger partial charge is 0.260 e. The molecule has 86 valence electrons. The van der Waals surface area contributed by atoms with Gasteiger partial charge in [0.25, 0.3) is 5.91 Å². The molecule has 0 atom stereocenters. The van der Waals surface area contributed by atoms with E-state index in [1.807, 2.05) is 0 Å². The van der Waals surface area contributed by atoms with E-state index in [2.05, 4.69) is 26.2 Å². The van der Waals surface area contributed by atoms with Crippen molar-refractivity contribution in [1.29, 1.82) is 0 Å². The van der Waals surface area contributed by atoms with Gasteiger partial charge in [0, 0.05) is 6.20 Å². The van der Waals surface area contributed by atoms with E-state index in [4.69, 9.17) is 0 Å². The highest BCUT2D eigenvalue weighted by Gasteiger charge is 2.12. The lowest BCUT2D eigenvalue weighted by molar-refractivity contribution is 0.102. The van der Waals surface area contributed by atoms with Crippen molar-refractivity contribution in [2.24, 2.45) is 0 Å². The summed E-state index contributed by atoms with van der Waals surface area (Å²) in [5, 5.41) is 12.1. The maximum Gasteiger partial charge on any atom is 0.260 e. The Morgan fingerprint density at radius 2 is 2.00 bits per heavy atom. The fourth-order valence-corrected chi connectivity index (χ4v) is 1.67. The Morgan fingerprint density at radius 3 is 2.71 bits per heavy atom. The van der Waals surface area contributed by atoms with E-state index >= 15 is 0 Å². The van der Waals surface area contributed by atoms with Gasteiger partial charge in [-0.2, -0.15) is 0 Å². The Hall–Kier alpha value is -1.88. The molecular weight excluding hydrogens is 284 g/mol. The van der Waals surface area contributed by atoms with Gasteiger partial charge in [-0.1, -0.05) is 12.1 Å². The van der Waals surface area contributed by atoms with Crippen molar-refractivity contribution in [3.05, 3.63) is 52.6 Å². The van der Waals surface area contributed by atoms with E-state index in [0.717, 1.165) is 0 Å². The van der Waals surface area contributed by atoms with Crippen LogP contribution in [0.4, 0.5) is 5.82 Å². The lowest BCUT2D eigenvalue weighted by Crippen LogP contribution is -2.13. The quantitative estimate of drug-likeness (QED) is 0.895. The molecule has 2 aromatic rings. The van der Waals surface area contributed by atoms with Crippen molar-refractivity contribution in [2.45, 2.75) is 0 Å². The number of phenolic OH excluding ortho intramolecular Hbond substituents is 1. The van der Waals surface area contributed by atoms with Crippen molar-refractivity contribution in [3.63, 3.8) is 0 Å². The molecule has 1 amide bonds. The van der Waals surface area contributed by atoms with Gasteiger partial charge in [0.15, 0.2) is 0 Å². The summed E-state index contributed by atoms with van der Waals surface area (Å²) in [7, 11) is 0. The topological polar surface area (TPSA) is 62.2 Å². The Morgan fingerprint density at radius 1 is 1.24 bits per heavy atom. The number of hydrogen-bond acceptors (Lipinski definition) is 3. The molecule has 2 rings (SSSR count). The van der Waals surface area contributed by atoms with E-state index < -0.39 is 5.91 Å². The van der Waals surface area contributed by atoms with Crippen LogP contribution < -0.4 is 5.32 Å². The van der Waals surface area contributed by atoms with Crippen LogP contribution in [0.1, 0.15) is 10.4 Å². The minimum atomic E-state index is -0.400. The van der Waals surface area contributed by atoms with Crippen molar-refractivity contribution in [1.82, 2.24) is 4.98 Å². The van der Waals surface area contributed by atoms with Crippen LogP contribution in [0.3, 0.4) is 0 Å². The molecule has 0 spiro atoms. The second-order valence-corrected chi connectivity index (χ2v) is 4.16. The van der Waals surface area contributed by atoms with Crippen molar-refractivity contribution in [3.8, 4) is 5.75 Å². The number of phenols is 1. The number of carbonyl (C=O) groups excluding carboxylic acids is 1. The molecule has 0 fully saturated rings. The highest BCUT2D eigenvalue weighted by Crippen LogP contribution is 2.21. The molecule has 1 heterocycles. The van der Waals surface area contributed by atoms with E-state index in [9.17, 15) is 9.90 Å². The fraction of sp³-hybridized carbons (Fsp3) is 0. The summed E-state index contributed by atoms with van der Waals surface area (Å²) >= 11 is 3.28. The van der Waals surface area contributed by atoms with Crippen LogP contribution in [-0.4, -0.2) is 16.0 Å². The lowest BCUT2D eigenvalue weighted by Gasteiger charge is -2.06. The number of hydrogen-bond donors (Lipinski definition) is 2. The van der Waals surface area contributed by atoms with E-state index in [1.54, 1.807) is 36.5 Å². The maximum atomic E-state index is 11.9. The van der Waals surface area contributed by atoms with Crippen LogP contribution in [0.25, 0.3) is 0 Å².